The van der Waals surface area contributed by atoms with Crippen LogP contribution in [0.5, 0.6) is 11.5 Å². The SMILES string of the molecule is c1cncc(CNc2ccnc(Nc3ccc4c(c3)OCO4)n2)c1. The second-order valence-electron chi connectivity index (χ2n) is 5.17. The highest BCUT2D eigenvalue weighted by molar-refractivity contribution is 5.60. The molecule has 24 heavy (non-hydrogen) atoms. The van der Waals surface area contributed by atoms with E-state index < -0.39 is 0 Å². The van der Waals surface area contributed by atoms with Gasteiger partial charge in [-0.2, -0.15) is 4.98 Å². The highest BCUT2D eigenvalue weighted by atomic mass is 16.7. The number of benzene rings is 1. The van der Waals surface area contributed by atoms with Crippen LogP contribution >= 0.6 is 0 Å². The van der Waals surface area contributed by atoms with E-state index in [2.05, 4.69) is 25.6 Å². The van der Waals surface area contributed by atoms with Crippen molar-refractivity contribution in [3.05, 3.63) is 60.6 Å². The van der Waals surface area contributed by atoms with Gasteiger partial charge in [0.25, 0.3) is 0 Å². The van der Waals surface area contributed by atoms with E-state index in [1.54, 1.807) is 12.4 Å². The van der Waals surface area contributed by atoms with E-state index in [0.29, 0.717) is 18.2 Å². The fourth-order valence-electron chi connectivity index (χ4n) is 2.32. The van der Waals surface area contributed by atoms with Gasteiger partial charge in [0.05, 0.1) is 0 Å². The quantitative estimate of drug-likeness (QED) is 0.747. The summed E-state index contributed by atoms with van der Waals surface area (Å²) in [6.07, 6.45) is 5.27. The van der Waals surface area contributed by atoms with E-state index in [1.807, 2.05) is 42.6 Å². The molecule has 120 valence electrons. The lowest BCUT2D eigenvalue weighted by atomic mass is 10.3. The van der Waals surface area contributed by atoms with Crippen molar-refractivity contribution >= 4 is 17.5 Å². The van der Waals surface area contributed by atoms with E-state index in [4.69, 9.17) is 9.47 Å². The first-order valence-corrected chi connectivity index (χ1v) is 7.49. The molecule has 0 spiro atoms. The molecule has 0 fully saturated rings. The number of anilines is 3. The summed E-state index contributed by atoms with van der Waals surface area (Å²) in [7, 11) is 0. The summed E-state index contributed by atoms with van der Waals surface area (Å²) in [6.45, 7) is 0.900. The third-order valence-corrected chi connectivity index (χ3v) is 3.48. The highest BCUT2D eigenvalue weighted by Crippen LogP contribution is 2.34. The molecule has 0 atom stereocenters. The van der Waals surface area contributed by atoms with Crippen molar-refractivity contribution < 1.29 is 9.47 Å². The third-order valence-electron chi connectivity index (χ3n) is 3.48. The van der Waals surface area contributed by atoms with Gasteiger partial charge >= 0.3 is 0 Å². The Bertz CT molecular complexity index is 841. The summed E-state index contributed by atoms with van der Waals surface area (Å²) in [5, 5.41) is 6.42. The molecule has 0 amide bonds. The molecule has 7 nitrogen and oxygen atoms in total. The molecule has 0 unspecified atom stereocenters. The van der Waals surface area contributed by atoms with Gasteiger partial charge in [-0.1, -0.05) is 6.07 Å². The highest BCUT2D eigenvalue weighted by Gasteiger charge is 2.13. The van der Waals surface area contributed by atoms with Gasteiger partial charge in [-0.15, -0.1) is 0 Å². The third kappa shape index (κ3) is 3.19. The van der Waals surface area contributed by atoms with Crippen LogP contribution in [-0.2, 0) is 6.54 Å². The predicted octanol–water partition coefficient (Wildman–Crippen LogP) is 2.96. The number of nitrogens with one attached hydrogen (secondary N) is 2. The van der Waals surface area contributed by atoms with Crippen LogP contribution in [0.4, 0.5) is 17.5 Å². The maximum Gasteiger partial charge on any atom is 0.231 e. The Hall–Kier alpha value is -3.35. The molecule has 1 aromatic carbocycles. The predicted molar refractivity (Wildman–Crippen MR) is 89.4 cm³/mol. The van der Waals surface area contributed by atoms with Crippen molar-refractivity contribution in [2.45, 2.75) is 6.54 Å². The Morgan fingerprint density at radius 3 is 2.92 bits per heavy atom. The van der Waals surface area contributed by atoms with Crippen molar-refractivity contribution in [3.63, 3.8) is 0 Å². The number of fused-ring (bicyclic) bond motifs is 1. The van der Waals surface area contributed by atoms with Crippen LogP contribution < -0.4 is 20.1 Å². The molecule has 0 saturated carbocycles. The summed E-state index contributed by atoms with van der Waals surface area (Å²) < 4.78 is 10.7. The number of rotatable bonds is 5. The molecule has 0 aliphatic carbocycles. The topological polar surface area (TPSA) is 81.2 Å². The Labute approximate surface area is 138 Å². The Balaban J connectivity index is 1.44. The molecule has 0 saturated heterocycles. The molecule has 0 bridgehead atoms. The van der Waals surface area contributed by atoms with Crippen molar-refractivity contribution in [1.82, 2.24) is 15.0 Å². The first kappa shape index (κ1) is 14.3. The lowest BCUT2D eigenvalue weighted by Crippen LogP contribution is -2.04. The average Bonchev–Trinajstić information content (AvgIpc) is 3.09. The first-order valence-electron chi connectivity index (χ1n) is 7.49. The van der Waals surface area contributed by atoms with Crippen molar-refractivity contribution in [3.8, 4) is 11.5 Å². The monoisotopic (exact) mass is 321 g/mol. The smallest absolute Gasteiger partial charge is 0.231 e. The molecule has 7 heteroatoms. The lowest BCUT2D eigenvalue weighted by molar-refractivity contribution is 0.174. The molecule has 1 aliphatic heterocycles. The van der Waals surface area contributed by atoms with Crippen LogP contribution in [-0.4, -0.2) is 21.7 Å². The summed E-state index contributed by atoms with van der Waals surface area (Å²) in [6, 6.07) is 11.3. The van der Waals surface area contributed by atoms with Crippen LogP contribution in [0.1, 0.15) is 5.56 Å². The molecule has 4 rings (SSSR count). The molecule has 2 aromatic heterocycles. The van der Waals surface area contributed by atoms with Crippen LogP contribution in [0.15, 0.2) is 55.0 Å². The number of nitrogens with zero attached hydrogens (tertiary/aromatic N) is 3. The van der Waals surface area contributed by atoms with Crippen molar-refractivity contribution in [2.75, 3.05) is 17.4 Å². The number of hydrogen-bond acceptors (Lipinski definition) is 7. The molecule has 1 aliphatic rings. The van der Waals surface area contributed by atoms with Crippen LogP contribution in [0.25, 0.3) is 0 Å². The first-order chi connectivity index (χ1) is 11.9. The molecular weight excluding hydrogens is 306 g/mol. The lowest BCUT2D eigenvalue weighted by Gasteiger charge is -2.09. The average molecular weight is 321 g/mol. The Morgan fingerprint density at radius 1 is 1.04 bits per heavy atom. The summed E-state index contributed by atoms with van der Waals surface area (Å²) in [5.41, 5.74) is 1.92. The number of hydrogen-bond donors (Lipinski definition) is 2. The summed E-state index contributed by atoms with van der Waals surface area (Å²) >= 11 is 0. The molecule has 3 aromatic rings. The van der Waals surface area contributed by atoms with Crippen molar-refractivity contribution in [2.24, 2.45) is 0 Å². The fraction of sp³-hybridized carbons (Fsp3) is 0.118. The van der Waals surface area contributed by atoms with Gasteiger partial charge in [-0.25, -0.2) is 4.98 Å². The minimum atomic E-state index is 0.253. The van der Waals surface area contributed by atoms with E-state index in [1.165, 1.54) is 0 Å². The minimum Gasteiger partial charge on any atom is -0.454 e. The second-order valence-corrected chi connectivity index (χ2v) is 5.17. The number of aromatic nitrogens is 3. The van der Waals surface area contributed by atoms with Crippen molar-refractivity contribution in [1.29, 1.82) is 0 Å². The molecule has 2 N–H and O–H groups in total. The Morgan fingerprint density at radius 2 is 2.00 bits per heavy atom. The molecule has 3 heterocycles. The van der Waals surface area contributed by atoms with Gasteiger partial charge in [0.1, 0.15) is 5.82 Å². The van der Waals surface area contributed by atoms with Gasteiger partial charge in [-0.3, -0.25) is 4.98 Å². The van der Waals surface area contributed by atoms with E-state index in [9.17, 15) is 0 Å². The zero-order valence-electron chi connectivity index (χ0n) is 12.8. The fourth-order valence-corrected chi connectivity index (χ4v) is 2.32. The van der Waals surface area contributed by atoms with Crippen LogP contribution in [0.2, 0.25) is 0 Å². The minimum absolute atomic E-state index is 0.253. The zero-order valence-corrected chi connectivity index (χ0v) is 12.8. The summed E-state index contributed by atoms with van der Waals surface area (Å²) in [5.74, 6) is 2.70. The second kappa shape index (κ2) is 6.41. The maximum absolute atomic E-state index is 5.37. The van der Waals surface area contributed by atoms with Gasteiger partial charge in [-0.05, 0) is 29.8 Å². The van der Waals surface area contributed by atoms with Gasteiger partial charge in [0.2, 0.25) is 12.7 Å². The number of ether oxygens (including phenoxy) is 2. The van der Waals surface area contributed by atoms with E-state index in [0.717, 1.165) is 22.8 Å². The summed E-state index contributed by atoms with van der Waals surface area (Å²) in [4.78, 5) is 12.8. The van der Waals surface area contributed by atoms with E-state index in [-0.39, 0.29) is 6.79 Å². The number of pyridine rings is 1. The van der Waals surface area contributed by atoms with Gasteiger partial charge in [0, 0.05) is 36.9 Å². The largest absolute Gasteiger partial charge is 0.454 e. The molecular formula is C17H15N5O2. The van der Waals surface area contributed by atoms with Gasteiger partial charge in [0.15, 0.2) is 11.5 Å². The maximum atomic E-state index is 5.37. The zero-order chi connectivity index (χ0) is 16.2. The van der Waals surface area contributed by atoms with Crippen LogP contribution in [0, 0.1) is 0 Å². The van der Waals surface area contributed by atoms with Gasteiger partial charge < -0.3 is 20.1 Å². The van der Waals surface area contributed by atoms with E-state index >= 15 is 0 Å². The standard InChI is InChI=1S/C17H15N5O2/c1-2-12(9-18-6-1)10-20-16-5-7-19-17(22-16)21-13-3-4-14-15(8-13)24-11-23-14/h1-9H,10-11H2,(H2,19,20,21,22). The Kier molecular flexibility index (Phi) is 3.81. The normalized spacial score (nSPS) is 12.0. The van der Waals surface area contributed by atoms with Crippen LogP contribution in [0.3, 0.4) is 0 Å². The molecule has 0 radical (unpaired) electrons.